The van der Waals surface area contributed by atoms with Crippen molar-refractivity contribution in [3.8, 4) is 5.75 Å². The van der Waals surface area contributed by atoms with Gasteiger partial charge in [-0.25, -0.2) is 4.39 Å². The molecule has 1 atom stereocenters. The molecule has 20 heavy (non-hydrogen) atoms. The van der Waals surface area contributed by atoms with Crippen molar-refractivity contribution in [3.05, 3.63) is 57.3 Å². The number of methoxy groups -OCH3 is 1. The third-order valence-corrected chi connectivity index (χ3v) is 3.78. The lowest BCUT2D eigenvalue weighted by Gasteiger charge is -2.19. The van der Waals surface area contributed by atoms with Crippen LogP contribution < -0.4 is 10.1 Å². The molecular weight excluding hydrogens is 345 g/mol. The molecule has 1 unspecified atom stereocenters. The molecule has 0 radical (unpaired) electrons. The summed E-state index contributed by atoms with van der Waals surface area (Å²) in [6.45, 7) is 1.96. The number of halogens is 3. The van der Waals surface area contributed by atoms with Gasteiger partial charge in [-0.2, -0.15) is 0 Å². The Morgan fingerprint density at radius 2 is 2.00 bits per heavy atom. The predicted molar refractivity (Wildman–Crippen MR) is 84.1 cm³/mol. The van der Waals surface area contributed by atoms with E-state index in [2.05, 4.69) is 21.2 Å². The molecule has 1 N–H and O–H groups in total. The average Bonchev–Trinajstić information content (AvgIpc) is 2.38. The number of hydrogen-bond acceptors (Lipinski definition) is 2. The van der Waals surface area contributed by atoms with Crippen molar-refractivity contribution in [1.82, 2.24) is 0 Å². The van der Waals surface area contributed by atoms with Gasteiger partial charge < -0.3 is 10.1 Å². The lowest BCUT2D eigenvalue weighted by molar-refractivity contribution is 0.416. The molecule has 0 heterocycles. The third-order valence-electron chi connectivity index (χ3n) is 2.96. The van der Waals surface area contributed by atoms with Crippen LogP contribution in [-0.2, 0) is 0 Å². The Morgan fingerprint density at radius 1 is 1.25 bits per heavy atom. The van der Waals surface area contributed by atoms with Crippen molar-refractivity contribution in [2.45, 2.75) is 13.0 Å². The molecule has 0 aliphatic rings. The van der Waals surface area contributed by atoms with Gasteiger partial charge in [-0.15, -0.1) is 0 Å². The van der Waals surface area contributed by atoms with E-state index < -0.39 is 0 Å². The van der Waals surface area contributed by atoms with E-state index in [1.165, 1.54) is 12.1 Å². The summed E-state index contributed by atoms with van der Waals surface area (Å²) in [5.41, 5.74) is 1.67. The van der Waals surface area contributed by atoms with Crippen LogP contribution in [0.15, 0.2) is 40.9 Å². The van der Waals surface area contributed by atoms with Gasteiger partial charge >= 0.3 is 0 Å². The minimum absolute atomic E-state index is 0.0775. The Balaban J connectivity index is 2.27. The van der Waals surface area contributed by atoms with Crippen LogP contribution in [0.3, 0.4) is 0 Å². The van der Waals surface area contributed by atoms with Crippen LogP contribution >= 0.6 is 27.5 Å². The molecule has 0 saturated carbocycles. The monoisotopic (exact) mass is 357 g/mol. The van der Waals surface area contributed by atoms with E-state index in [9.17, 15) is 4.39 Å². The molecule has 0 spiro atoms. The molecule has 0 aromatic heterocycles. The molecule has 106 valence electrons. The number of anilines is 1. The topological polar surface area (TPSA) is 21.3 Å². The van der Waals surface area contributed by atoms with Gasteiger partial charge in [0.2, 0.25) is 0 Å². The van der Waals surface area contributed by atoms with Crippen LogP contribution in [0.1, 0.15) is 18.5 Å². The number of nitrogens with one attached hydrogen (secondary N) is 1. The molecule has 2 aromatic rings. The maximum atomic E-state index is 13.1. The van der Waals surface area contributed by atoms with Crippen LogP contribution in [0.5, 0.6) is 5.75 Å². The summed E-state index contributed by atoms with van der Waals surface area (Å²) < 4.78 is 19.3. The lowest BCUT2D eigenvalue weighted by atomic mass is 10.1. The maximum absolute atomic E-state index is 13.1. The first kappa shape index (κ1) is 15.1. The van der Waals surface area contributed by atoms with Gasteiger partial charge in [0.1, 0.15) is 11.6 Å². The fourth-order valence-corrected chi connectivity index (χ4v) is 2.65. The molecule has 0 fully saturated rings. The van der Waals surface area contributed by atoms with Gasteiger partial charge in [0.25, 0.3) is 0 Å². The lowest BCUT2D eigenvalue weighted by Crippen LogP contribution is -2.08. The Morgan fingerprint density at radius 3 is 2.65 bits per heavy atom. The van der Waals surface area contributed by atoms with E-state index in [4.69, 9.17) is 16.3 Å². The third kappa shape index (κ3) is 3.44. The normalized spacial score (nSPS) is 12.1. The van der Waals surface area contributed by atoms with Gasteiger partial charge in [-0.3, -0.25) is 0 Å². The summed E-state index contributed by atoms with van der Waals surface area (Å²) in [6, 6.07) is 10.0. The molecule has 0 bridgehead atoms. The number of hydrogen-bond donors (Lipinski definition) is 1. The van der Waals surface area contributed by atoms with E-state index in [-0.39, 0.29) is 11.9 Å². The zero-order chi connectivity index (χ0) is 14.7. The second-order valence-corrected chi connectivity index (χ2v) is 5.70. The van der Waals surface area contributed by atoms with E-state index >= 15 is 0 Å². The molecule has 2 nitrogen and oxygen atoms in total. The van der Waals surface area contributed by atoms with Gasteiger partial charge in [0.05, 0.1) is 18.8 Å². The van der Waals surface area contributed by atoms with Crippen molar-refractivity contribution in [1.29, 1.82) is 0 Å². The van der Waals surface area contributed by atoms with Crippen molar-refractivity contribution >= 4 is 33.2 Å². The first-order valence-corrected chi connectivity index (χ1v) is 7.23. The summed E-state index contributed by atoms with van der Waals surface area (Å²) in [5.74, 6) is 0.393. The largest absolute Gasteiger partial charge is 0.495 e. The van der Waals surface area contributed by atoms with Gasteiger partial charge in [0, 0.05) is 9.50 Å². The van der Waals surface area contributed by atoms with E-state index in [1.54, 1.807) is 13.2 Å². The van der Waals surface area contributed by atoms with Crippen LogP contribution in [-0.4, -0.2) is 7.11 Å². The fourth-order valence-electron chi connectivity index (χ4n) is 1.96. The van der Waals surface area contributed by atoms with Gasteiger partial charge in [0.15, 0.2) is 0 Å². The predicted octanol–water partition coefficient (Wildman–Crippen LogP) is 5.42. The van der Waals surface area contributed by atoms with Crippen LogP contribution in [0.2, 0.25) is 5.02 Å². The van der Waals surface area contributed by atoms with Gasteiger partial charge in [-0.05, 0) is 42.8 Å². The highest BCUT2D eigenvalue weighted by Crippen LogP contribution is 2.32. The first-order chi connectivity index (χ1) is 9.51. The van der Waals surface area contributed by atoms with E-state index in [1.807, 2.05) is 25.1 Å². The van der Waals surface area contributed by atoms with Crippen molar-refractivity contribution in [2.24, 2.45) is 0 Å². The van der Waals surface area contributed by atoms with Crippen LogP contribution in [0, 0.1) is 5.82 Å². The summed E-state index contributed by atoms with van der Waals surface area (Å²) in [6.07, 6.45) is 0. The quantitative estimate of drug-likeness (QED) is 0.787. The number of benzene rings is 2. The zero-order valence-corrected chi connectivity index (χ0v) is 13.4. The van der Waals surface area contributed by atoms with Crippen molar-refractivity contribution in [2.75, 3.05) is 12.4 Å². The second-order valence-electron chi connectivity index (χ2n) is 4.38. The number of ether oxygens (including phenoxy) is 1. The Hall–Kier alpha value is -1.26. The minimum Gasteiger partial charge on any atom is -0.495 e. The van der Waals surface area contributed by atoms with Crippen molar-refractivity contribution in [3.63, 3.8) is 0 Å². The van der Waals surface area contributed by atoms with Crippen LogP contribution in [0.25, 0.3) is 0 Å². The summed E-state index contributed by atoms with van der Waals surface area (Å²) in [4.78, 5) is 0. The smallest absolute Gasteiger partial charge is 0.142 e. The fraction of sp³-hybridized carbons (Fsp3) is 0.200. The van der Waals surface area contributed by atoms with Crippen LogP contribution in [0.4, 0.5) is 10.1 Å². The Bertz CT molecular complexity index is 621. The highest BCUT2D eigenvalue weighted by atomic mass is 79.9. The number of rotatable bonds is 4. The van der Waals surface area contributed by atoms with E-state index in [0.29, 0.717) is 5.02 Å². The summed E-state index contributed by atoms with van der Waals surface area (Å²) >= 11 is 9.50. The molecule has 0 aliphatic heterocycles. The summed E-state index contributed by atoms with van der Waals surface area (Å²) in [5, 5.41) is 3.72. The highest BCUT2D eigenvalue weighted by Gasteiger charge is 2.13. The Labute approximate surface area is 131 Å². The molecule has 2 aromatic carbocycles. The molecule has 0 saturated heterocycles. The van der Waals surface area contributed by atoms with Crippen molar-refractivity contribution < 1.29 is 9.13 Å². The molecule has 5 heteroatoms. The van der Waals surface area contributed by atoms with E-state index in [0.717, 1.165) is 21.5 Å². The first-order valence-electron chi connectivity index (χ1n) is 6.06. The highest BCUT2D eigenvalue weighted by molar-refractivity contribution is 9.10. The molecule has 0 aliphatic carbocycles. The molecule has 0 amide bonds. The summed E-state index contributed by atoms with van der Waals surface area (Å²) in [7, 11) is 1.62. The second kappa shape index (κ2) is 6.46. The maximum Gasteiger partial charge on any atom is 0.142 e. The average molecular weight is 359 g/mol. The SMILES string of the molecule is COc1ccc(Br)cc1NC(C)c1ccc(F)cc1Cl. The minimum atomic E-state index is -0.342. The van der Waals surface area contributed by atoms with Gasteiger partial charge in [-0.1, -0.05) is 33.6 Å². The molecule has 2 rings (SSSR count). The Kier molecular flexibility index (Phi) is 4.89. The zero-order valence-electron chi connectivity index (χ0n) is 11.1. The molecular formula is C15H14BrClFNO. The standard InChI is InChI=1S/C15H14BrClFNO/c1-9(12-5-4-11(18)8-13(12)17)19-14-7-10(16)3-6-15(14)20-2/h3-9,19H,1-2H3.